The number of esters is 1. The minimum atomic E-state index is -1.33. The number of benzene rings is 1. The lowest BCUT2D eigenvalue weighted by Crippen LogP contribution is -2.76. The lowest BCUT2D eigenvalue weighted by atomic mass is 9.71. The molecule has 7 heteroatoms. The maximum atomic E-state index is 12.9. The average Bonchev–Trinajstić information content (AvgIpc) is 2.71. The number of carbonyl (C=O) groups excluding carboxylic acids is 2. The summed E-state index contributed by atoms with van der Waals surface area (Å²) in [5.41, 5.74) is -1.54. The molecule has 1 N–H and O–H groups in total. The van der Waals surface area contributed by atoms with Crippen molar-refractivity contribution >= 4 is 23.5 Å². The molecule has 0 saturated carbocycles. The Bertz CT molecular complexity index is 663. The van der Waals surface area contributed by atoms with Crippen LogP contribution in [0.15, 0.2) is 24.3 Å². The van der Waals surface area contributed by atoms with Crippen LogP contribution in [0, 0.1) is 5.92 Å². The number of aliphatic hydroxyl groups excluding tert-OH is 1. The molecule has 2 heterocycles. The fourth-order valence-electron chi connectivity index (χ4n) is 3.81. The summed E-state index contributed by atoms with van der Waals surface area (Å²) in [6, 6.07) is 7.23. The predicted octanol–water partition coefficient (Wildman–Crippen LogP) is 1.33. The van der Waals surface area contributed by atoms with E-state index in [1.807, 2.05) is 12.1 Å². The molecule has 1 aromatic carbocycles. The minimum Gasteiger partial charge on any atom is -0.497 e. The number of hydrogen-bond acceptors (Lipinski definition) is 5. The molecule has 3 rings (SSSR count). The van der Waals surface area contributed by atoms with Gasteiger partial charge in [-0.1, -0.05) is 12.1 Å². The van der Waals surface area contributed by atoms with Crippen molar-refractivity contribution in [2.24, 2.45) is 5.92 Å². The molecule has 0 radical (unpaired) electrons. The van der Waals surface area contributed by atoms with Gasteiger partial charge in [0.15, 0.2) is 5.60 Å². The monoisotopic (exact) mass is 353 g/mol. The summed E-state index contributed by atoms with van der Waals surface area (Å²) in [5, 5.41) is 9.97. The summed E-state index contributed by atoms with van der Waals surface area (Å²) < 4.78 is 10.5. The number of fused-ring (bicyclic) bond motifs is 1. The van der Waals surface area contributed by atoms with Crippen LogP contribution in [0.2, 0.25) is 0 Å². The zero-order valence-corrected chi connectivity index (χ0v) is 14.4. The van der Waals surface area contributed by atoms with Gasteiger partial charge in [0.2, 0.25) is 11.4 Å². The SMILES string of the molecule is COc1ccc(CN2C(=O)[C@@H](CCCl)[C@]3(C)OC(=O)C23CO)cc1. The third kappa shape index (κ3) is 2.06. The van der Waals surface area contributed by atoms with E-state index in [0.29, 0.717) is 12.2 Å². The van der Waals surface area contributed by atoms with Crippen molar-refractivity contribution < 1.29 is 24.2 Å². The van der Waals surface area contributed by atoms with Crippen LogP contribution in [0.1, 0.15) is 18.9 Å². The van der Waals surface area contributed by atoms with Crippen molar-refractivity contribution in [3.05, 3.63) is 29.8 Å². The first-order valence-electron chi connectivity index (χ1n) is 7.79. The Labute approximate surface area is 145 Å². The maximum Gasteiger partial charge on any atom is 0.339 e. The Morgan fingerprint density at radius 1 is 1.33 bits per heavy atom. The van der Waals surface area contributed by atoms with Gasteiger partial charge in [-0.15, -0.1) is 11.6 Å². The molecule has 3 atom stereocenters. The molecule has 0 aliphatic carbocycles. The fraction of sp³-hybridized carbons (Fsp3) is 0.529. The maximum absolute atomic E-state index is 12.9. The van der Waals surface area contributed by atoms with E-state index in [2.05, 4.69) is 0 Å². The lowest BCUT2D eigenvalue weighted by molar-refractivity contribution is -0.239. The Balaban J connectivity index is 1.95. The molecule has 0 aromatic heterocycles. The number of halogens is 1. The number of rotatable bonds is 6. The molecule has 1 amide bonds. The van der Waals surface area contributed by atoms with Crippen LogP contribution in [0.4, 0.5) is 0 Å². The number of hydrogen-bond donors (Lipinski definition) is 1. The van der Waals surface area contributed by atoms with Gasteiger partial charge >= 0.3 is 5.97 Å². The molecule has 2 fully saturated rings. The van der Waals surface area contributed by atoms with E-state index in [4.69, 9.17) is 21.1 Å². The van der Waals surface area contributed by atoms with Gasteiger partial charge in [-0.05, 0) is 31.0 Å². The number of amides is 1. The topological polar surface area (TPSA) is 76.1 Å². The highest BCUT2D eigenvalue weighted by atomic mass is 35.5. The van der Waals surface area contributed by atoms with Gasteiger partial charge in [-0.2, -0.15) is 0 Å². The number of ether oxygens (including phenoxy) is 2. The molecular formula is C17H20ClNO5. The minimum absolute atomic E-state index is 0.214. The Hall–Kier alpha value is -1.79. The van der Waals surface area contributed by atoms with E-state index < -0.39 is 29.6 Å². The van der Waals surface area contributed by atoms with Gasteiger partial charge < -0.3 is 19.5 Å². The summed E-state index contributed by atoms with van der Waals surface area (Å²) in [5.74, 6) is -0.337. The van der Waals surface area contributed by atoms with Crippen molar-refractivity contribution in [3.63, 3.8) is 0 Å². The number of alkyl halides is 1. The summed E-state index contributed by atoms with van der Waals surface area (Å²) >= 11 is 5.82. The largest absolute Gasteiger partial charge is 0.497 e. The van der Waals surface area contributed by atoms with Gasteiger partial charge in [0.1, 0.15) is 5.75 Å². The third-order valence-corrected chi connectivity index (χ3v) is 5.50. The number of nitrogens with zero attached hydrogens (tertiary/aromatic N) is 1. The van der Waals surface area contributed by atoms with E-state index in [1.165, 1.54) is 4.90 Å². The highest BCUT2D eigenvalue weighted by Gasteiger charge is 2.79. The van der Waals surface area contributed by atoms with Gasteiger partial charge in [0, 0.05) is 12.4 Å². The predicted molar refractivity (Wildman–Crippen MR) is 86.7 cm³/mol. The van der Waals surface area contributed by atoms with Crippen LogP contribution in [-0.4, -0.2) is 52.6 Å². The van der Waals surface area contributed by atoms with Gasteiger partial charge in [0.05, 0.1) is 19.6 Å². The second-order valence-corrected chi connectivity index (χ2v) is 6.70. The van der Waals surface area contributed by atoms with E-state index in [9.17, 15) is 14.7 Å². The first-order valence-corrected chi connectivity index (χ1v) is 8.32. The number of likely N-dealkylation sites (tertiary alicyclic amines) is 1. The van der Waals surface area contributed by atoms with Gasteiger partial charge in [-0.25, -0.2) is 4.79 Å². The molecule has 2 aliphatic rings. The molecule has 0 spiro atoms. The second-order valence-electron chi connectivity index (χ2n) is 6.32. The van der Waals surface area contributed by atoms with Crippen LogP contribution in [0.3, 0.4) is 0 Å². The standard InChI is InChI=1S/C17H20ClNO5/c1-16-13(7-8-18)14(21)19(17(16,10-20)15(22)24-16)9-11-3-5-12(23-2)6-4-11/h3-6,13,20H,7-10H2,1-2H3/t13-,16+,17?/m1/s1. The van der Waals surface area contributed by atoms with Crippen molar-refractivity contribution in [1.82, 2.24) is 4.90 Å². The molecule has 0 bridgehead atoms. The molecule has 130 valence electrons. The zero-order chi connectivity index (χ0) is 17.5. The molecule has 1 aromatic rings. The molecule has 2 saturated heterocycles. The van der Waals surface area contributed by atoms with E-state index in [1.54, 1.807) is 26.2 Å². The number of carbonyl (C=O) groups is 2. The van der Waals surface area contributed by atoms with Crippen LogP contribution in [-0.2, 0) is 20.9 Å². The molecule has 24 heavy (non-hydrogen) atoms. The van der Waals surface area contributed by atoms with Crippen molar-refractivity contribution in [2.45, 2.75) is 31.0 Å². The molecule has 2 aliphatic heterocycles. The number of aliphatic hydroxyl groups is 1. The summed E-state index contributed by atoms with van der Waals surface area (Å²) in [4.78, 5) is 26.6. The molecule has 1 unspecified atom stereocenters. The van der Waals surface area contributed by atoms with Gasteiger partial charge in [0.25, 0.3) is 0 Å². The first-order chi connectivity index (χ1) is 11.4. The zero-order valence-electron chi connectivity index (χ0n) is 13.6. The Morgan fingerprint density at radius 2 is 2.00 bits per heavy atom. The Kier molecular flexibility index (Phi) is 4.21. The van der Waals surface area contributed by atoms with Crippen molar-refractivity contribution in [2.75, 3.05) is 19.6 Å². The highest BCUT2D eigenvalue weighted by Crippen LogP contribution is 2.55. The summed E-state index contributed by atoms with van der Waals surface area (Å²) in [6.45, 7) is 1.45. The normalized spacial score (nSPS) is 31.5. The van der Waals surface area contributed by atoms with E-state index in [-0.39, 0.29) is 18.3 Å². The third-order valence-electron chi connectivity index (χ3n) is 5.28. The second kappa shape index (κ2) is 5.93. The Morgan fingerprint density at radius 3 is 2.50 bits per heavy atom. The van der Waals surface area contributed by atoms with Crippen LogP contribution in [0.25, 0.3) is 0 Å². The average molecular weight is 354 g/mol. The smallest absolute Gasteiger partial charge is 0.339 e. The number of methoxy groups -OCH3 is 1. The van der Waals surface area contributed by atoms with Crippen LogP contribution >= 0.6 is 11.6 Å². The molecule has 6 nitrogen and oxygen atoms in total. The fourth-order valence-corrected chi connectivity index (χ4v) is 4.03. The summed E-state index contributed by atoms with van der Waals surface area (Å²) in [7, 11) is 1.58. The lowest BCUT2D eigenvalue weighted by Gasteiger charge is -2.53. The van der Waals surface area contributed by atoms with Crippen LogP contribution in [0.5, 0.6) is 5.75 Å². The van der Waals surface area contributed by atoms with E-state index >= 15 is 0 Å². The highest BCUT2D eigenvalue weighted by molar-refractivity contribution is 6.18. The van der Waals surface area contributed by atoms with Gasteiger partial charge in [-0.3, -0.25) is 4.79 Å². The molecular weight excluding hydrogens is 334 g/mol. The first kappa shape index (κ1) is 17.0. The van der Waals surface area contributed by atoms with Crippen LogP contribution < -0.4 is 4.74 Å². The van der Waals surface area contributed by atoms with E-state index in [0.717, 1.165) is 5.56 Å². The summed E-state index contributed by atoms with van der Waals surface area (Å²) in [6.07, 6.45) is 0.394. The van der Waals surface area contributed by atoms with Crippen molar-refractivity contribution in [1.29, 1.82) is 0 Å². The quantitative estimate of drug-likeness (QED) is 0.616. The van der Waals surface area contributed by atoms with Crippen molar-refractivity contribution in [3.8, 4) is 5.75 Å².